The van der Waals surface area contributed by atoms with Crippen LogP contribution in [0.25, 0.3) is 0 Å². The highest BCUT2D eigenvalue weighted by Crippen LogP contribution is 2.12. The number of allylic oxidation sites excluding steroid dienone is 1. The molecule has 0 atom stereocenters. The third kappa shape index (κ3) is 3.18. The number of rotatable bonds is 3. The van der Waals surface area contributed by atoms with E-state index in [1.54, 1.807) is 12.1 Å². The van der Waals surface area contributed by atoms with Gasteiger partial charge in [-0.05, 0) is 35.0 Å². The van der Waals surface area contributed by atoms with Crippen molar-refractivity contribution in [2.24, 2.45) is 0 Å². The predicted octanol–water partition coefficient (Wildman–Crippen LogP) is 3.67. The van der Waals surface area contributed by atoms with Crippen LogP contribution in [0.1, 0.15) is 12.0 Å². The molecule has 12 heavy (non-hydrogen) atoms. The predicted molar refractivity (Wildman–Crippen MR) is 52.8 cm³/mol. The van der Waals surface area contributed by atoms with Gasteiger partial charge in [-0.1, -0.05) is 34.6 Å². The number of hydrogen-bond acceptors (Lipinski definition) is 0. The standard InChI is InChI=1S/C10H10BrF/c1-8(11)2-3-9-4-6-10(12)7-5-9/h4-7H,1-3H2. The molecule has 0 fully saturated rings. The summed E-state index contributed by atoms with van der Waals surface area (Å²) in [4.78, 5) is 0. The van der Waals surface area contributed by atoms with Crippen LogP contribution in [0.2, 0.25) is 0 Å². The van der Waals surface area contributed by atoms with Crippen LogP contribution in [-0.2, 0) is 6.42 Å². The zero-order valence-electron chi connectivity index (χ0n) is 6.69. The zero-order chi connectivity index (χ0) is 8.97. The average molecular weight is 229 g/mol. The topological polar surface area (TPSA) is 0 Å². The molecule has 0 aliphatic carbocycles. The molecule has 0 saturated heterocycles. The lowest BCUT2D eigenvalue weighted by molar-refractivity contribution is 0.627. The van der Waals surface area contributed by atoms with E-state index in [9.17, 15) is 4.39 Å². The van der Waals surface area contributed by atoms with Crippen LogP contribution in [0.4, 0.5) is 4.39 Å². The van der Waals surface area contributed by atoms with Gasteiger partial charge in [0.15, 0.2) is 0 Å². The number of halogens is 2. The van der Waals surface area contributed by atoms with Crippen LogP contribution in [0.5, 0.6) is 0 Å². The van der Waals surface area contributed by atoms with Gasteiger partial charge < -0.3 is 0 Å². The summed E-state index contributed by atoms with van der Waals surface area (Å²) in [5.74, 6) is -0.184. The minimum Gasteiger partial charge on any atom is -0.207 e. The van der Waals surface area contributed by atoms with Crippen molar-refractivity contribution in [2.75, 3.05) is 0 Å². The van der Waals surface area contributed by atoms with E-state index < -0.39 is 0 Å². The Morgan fingerprint density at radius 2 is 1.92 bits per heavy atom. The Balaban J connectivity index is 2.53. The van der Waals surface area contributed by atoms with Crippen LogP contribution in [-0.4, -0.2) is 0 Å². The summed E-state index contributed by atoms with van der Waals surface area (Å²) >= 11 is 3.28. The van der Waals surface area contributed by atoms with Crippen molar-refractivity contribution in [3.8, 4) is 0 Å². The van der Waals surface area contributed by atoms with E-state index in [-0.39, 0.29) is 5.82 Å². The highest BCUT2D eigenvalue weighted by molar-refractivity contribution is 9.11. The second kappa shape index (κ2) is 4.41. The molecule has 0 amide bonds. The fourth-order valence-corrected chi connectivity index (χ4v) is 1.13. The Morgan fingerprint density at radius 3 is 2.42 bits per heavy atom. The maximum Gasteiger partial charge on any atom is 0.123 e. The minimum atomic E-state index is -0.184. The van der Waals surface area contributed by atoms with Gasteiger partial charge in [0, 0.05) is 0 Å². The molecule has 0 spiro atoms. The first-order valence-corrected chi connectivity index (χ1v) is 4.55. The van der Waals surface area contributed by atoms with Crippen LogP contribution in [0, 0.1) is 5.82 Å². The largest absolute Gasteiger partial charge is 0.207 e. The maximum atomic E-state index is 12.5. The third-order valence-corrected chi connectivity index (χ3v) is 1.99. The van der Waals surface area contributed by atoms with Crippen molar-refractivity contribution >= 4 is 15.9 Å². The fourth-order valence-electron chi connectivity index (χ4n) is 0.931. The highest BCUT2D eigenvalue weighted by atomic mass is 79.9. The van der Waals surface area contributed by atoms with Gasteiger partial charge in [0.25, 0.3) is 0 Å². The second-order valence-corrected chi connectivity index (χ2v) is 3.77. The highest BCUT2D eigenvalue weighted by Gasteiger charge is 1.94. The third-order valence-electron chi connectivity index (χ3n) is 1.60. The summed E-state index contributed by atoms with van der Waals surface area (Å²) in [5.41, 5.74) is 1.14. The molecule has 0 unspecified atom stereocenters. The summed E-state index contributed by atoms with van der Waals surface area (Å²) in [5, 5.41) is 0. The smallest absolute Gasteiger partial charge is 0.123 e. The molecule has 0 nitrogen and oxygen atoms in total. The van der Waals surface area contributed by atoms with Crippen molar-refractivity contribution in [3.05, 3.63) is 46.7 Å². The molecule has 0 N–H and O–H groups in total. The molecule has 2 heteroatoms. The molecule has 0 aliphatic rings. The first kappa shape index (κ1) is 9.46. The Labute approximate surface area is 80.2 Å². The molecule has 1 aromatic rings. The lowest BCUT2D eigenvalue weighted by Gasteiger charge is -1.98. The number of aryl methyl sites for hydroxylation is 1. The Kier molecular flexibility index (Phi) is 3.48. The lowest BCUT2D eigenvalue weighted by Crippen LogP contribution is -1.84. The van der Waals surface area contributed by atoms with E-state index in [4.69, 9.17) is 0 Å². The molecule has 64 valence electrons. The van der Waals surface area contributed by atoms with Gasteiger partial charge in [-0.25, -0.2) is 4.39 Å². The second-order valence-electron chi connectivity index (χ2n) is 2.64. The molecular formula is C10H10BrF. The Bertz CT molecular complexity index is 264. The van der Waals surface area contributed by atoms with Crippen molar-refractivity contribution in [1.82, 2.24) is 0 Å². The molecule has 1 rings (SSSR count). The van der Waals surface area contributed by atoms with E-state index in [1.165, 1.54) is 12.1 Å². The van der Waals surface area contributed by atoms with E-state index in [0.29, 0.717) is 0 Å². The van der Waals surface area contributed by atoms with E-state index >= 15 is 0 Å². The summed E-state index contributed by atoms with van der Waals surface area (Å²) in [6.45, 7) is 3.73. The molecule has 0 aromatic heterocycles. The molecule has 0 saturated carbocycles. The summed E-state index contributed by atoms with van der Waals surface area (Å²) in [7, 11) is 0. The van der Waals surface area contributed by atoms with Gasteiger partial charge >= 0.3 is 0 Å². The normalized spacial score (nSPS) is 9.83. The quantitative estimate of drug-likeness (QED) is 0.741. The van der Waals surface area contributed by atoms with Gasteiger partial charge in [-0.2, -0.15) is 0 Å². The van der Waals surface area contributed by atoms with Gasteiger partial charge in [-0.15, -0.1) is 0 Å². The van der Waals surface area contributed by atoms with Gasteiger partial charge in [0.05, 0.1) is 0 Å². The van der Waals surface area contributed by atoms with Gasteiger partial charge in [0.1, 0.15) is 5.82 Å². The van der Waals surface area contributed by atoms with E-state index in [1.807, 2.05) is 0 Å². The van der Waals surface area contributed by atoms with Crippen LogP contribution >= 0.6 is 15.9 Å². The summed E-state index contributed by atoms with van der Waals surface area (Å²) in [6.07, 6.45) is 1.80. The van der Waals surface area contributed by atoms with E-state index in [2.05, 4.69) is 22.5 Å². The van der Waals surface area contributed by atoms with Crippen LogP contribution < -0.4 is 0 Å². The van der Waals surface area contributed by atoms with Crippen molar-refractivity contribution in [3.63, 3.8) is 0 Å². The molecule has 0 bridgehead atoms. The monoisotopic (exact) mass is 228 g/mol. The summed E-state index contributed by atoms with van der Waals surface area (Å²) < 4.78 is 13.4. The van der Waals surface area contributed by atoms with Gasteiger partial charge in [-0.3, -0.25) is 0 Å². The van der Waals surface area contributed by atoms with Crippen molar-refractivity contribution in [1.29, 1.82) is 0 Å². The van der Waals surface area contributed by atoms with Crippen molar-refractivity contribution in [2.45, 2.75) is 12.8 Å². The number of benzene rings is 1. The Morgan fingerprint density at radius 1 is 1.33 bits per heavy atom. The first-order valence-electron chi connectivity index (χ1n) is 3.76. The molecule has 1 aromatic carbocycles. The SMILES string of the molecule is C=C(Br)CCc1ccc(F)cc1. The van der Waals surface area contributed by atoms with E-state index in [0.717, 1.165) is 22.9 Å². The molecule has 0 heterocycles. The van der Waals surface area contributed by atoms with Crippen LogP contribution in [0.15, 0.2) is 35.3 Å². The average Bonchev–Trinajstić information content (AvgIpc) is 2.03. The number of hydrogen-bond donors (Lipinski definition) is 0. The maximum absolute atomic E-state index is 12.5. The van der Waals surface area contributed by atoms with Crippen molar-refractivity contribution < 1.29 is 4.39 Å². The van der Waals surface area contributed by atoms with Gasteiger partial charge in [0.2, 0.25) is 0 Å². The molecule has 0 aliphatic heterocycles. The zero-order valence-corrected chi connectivity index (χ0v) is 8.27. The Hall–Kier alpha value is -0.630. The minimum absolute atomic E-state index is 0.184. The first-order chi connectivity index (χ1) is 5.68. The summed E-state index contributed by atoms with van der Waals surface area (Å²) in [6, 6.07) is 6.55. The lowest BCUT2D eigenvalue weighted by atomic mass is 10.1. The molecule has 0 radical (unpaired) electrons. The fraction of sp³-hybridized carbons (Fsp3) is 0.200. The molecular weight excluding hydrogens is 219 g/mol. The van der Waals surface area contributed by atoms with Crippen LogP contribution in [0.3, 0.4) is 0 Å².